The fourth-order valence-corrected chi connectivity index (χ4v) is 2.92. The van der Waals surface area contributed by atoms with Crippen LogP contribution in [0.4, 0.5) is 0 Å². The molecule has 2 aromatic carbocycles. The van der Waals surface area contributed by atoms with E-state index in [-0.39, 0.29) is 5.12 Å². The first-order chi connectivity index (χ1) is 10.2. The molecular weight excluding hydrogens is 276 g/mol. The number of benzene rings is 2. The molecule has 0 N–H and O–H groups in total. The van der Waals surface area contributed by atoms with E-state index in [9.17, 15) is 4.79 Å². The molecule has 0 atom stereocenters. The molecule has 0 bridgehead atoms. The van der Waals surface area contributed by atoms with Gasteiger partial charge in [0.25, 0.3) is 0 Å². The lowest BCUT2D eigenvalue weighted by atomic mass is 10.0. The molecule has 0 saturated carbocycles. The van der Waals surface area contributed by atoms with Crippen LogP contribution in [0.25, 0.3) is 0 Å². The summed E-state index contributed by atoms with van der Waals surface area (Å²) < 4.78 is 0. The molecule has 0 spiro atoms. The van der Waals surface area contributed by atoms with Gasteiger partial charge in [0.1, 0.15) is 0 Å². The number of aryl methyl sites for hydroxylation is 2. The van der Waals surface area contributed by atoms with Crippen molar-refractivity contribution < 1.29 is 4.79 Å². The first-order valence-corrected chi connectivity index (χ1v) is 7.95. The number of hydrogen-bond acceptors (Lipinski definition) is 2. The second kappa shape index (κ2) is 7.84. The first-order valence-electron chi connectivity index (χ1n) is 7.14. The van der Waals surface area contributed by atoms with Crippen LogP contribution in [-0.2, 0) is 17.6 Å². The van der Waals surface area contributed by atoms with Crippen LogP contribution in [0.2, 0.25) is 0 Å². The topological polar surface area (TPSA) is 17.1 Å². The van der Waals surface area contributed by atoms with E-state index in [1.54, 1.807) is 0 Å². The second-order valence-corrected chi connectivity index (χ2v) is 6.18. The molecule has 0 fully saturated rings. The molecule has 108 valence electrons. The third-order valence-corrected chi connectivity index (χ3v) is 4.27. The van der Waals surface area contributed by atoms with E-state index in [0.717, 1.165) is 17.7 Å². The van der Waals surface area contributed by atoms with E-state index in [1.807, 2.05) is 49.4 Å². The normalized spacial score (nSPS) is 10.3. The van der Waals surface area contributed by atoms with Crippen molar-refractivity contribution in [3.63, 3.8) is 0 Å². The molecule has 0 aliphatic heterocycles. The molecule has 0 saturated heterocycles. The molecule has 21 heavy (non-hydrogen) atoms. The quantitative estimate of drug-likeness (QED) is 0.552. The minimum absolute atomic E-state index is 0.215. The lowest BCUT2D eigenvalue weighted by Gasteiger charge is -2.07. The molecule has 0 aromatic heterocycles. The lowest BCUT2D eigenvalue weighted by Crippen LogP contribution is -1.98. The van der Waals surface area contributed by atoms with Crippen molar-refractivity contribution in [3.05, 3.63) is 77.9 Å². The average Bonchev–Trinajstić information content (AvgIpc) is 2.49. The molecule has 1 nitrogen and oxygen atoms in total. The minimum atomic E-state index is 0.215. The van der Waals surface area contributed by atoms with Crippen LogP contribution in [0.3, 0.4) is 0 Å². The van der Waals surface area contributed by atoms with Crippen LogP contribution in [0.1, 0.15) is 23.1 Å². The number of allylic oxidation sites excluding steroid dienone is 1. The monoisotopic (exact) mass is 296 g/mol. The molecule has 0 radical (unpaired) electrons. The highest BCUT2D eigenvalue weighted by molar-refractivity contribution is 8.13. The number of carbonyl (C=O) groups excluding carboxylic acids is 1. The average molecular weight is 296 g/mol. The molecule has 2 aromatic rings. The summed E-state index contributed by atoms with van der Waals surface area (Å²) in [5, 5.41) is 0.215. The summed E-state index contributed by atoms with van der Waals surface area (Å²) in [4.78, 5) is 13.1. The van der Waals surface area contributed by atoms with Gasteiger partial charge in [-0.3, -0.25) is 4.79 Å². The molecular formula is C19H20OS. The summed E-state index contributed by atoms with van der Waals surface area (Å²) in [6.45, 7) is 5.83. The van der Waals surface area contributed by atoms with E-state index in [1.165, 1.54) is 28.5 Å². The summed E-state index contributed by atoms with van der Waals surface area (Å²) in [6.07, 6.45) is 4.12. The maximum atomic E-state index is 12.1. The maximum absolute atomic E-state index is 12.1. The van der Waals surface area contributed by atoms with Gasteiger partial charge in [-0.15, -0.1) is 6.58 Å². The predicted molar refractivity (Wildman–Crippen MR) is 90.7 cm³/mol. The first kappa shape index (κ1) is 15.6. The van der Waals surface area contributed by atoms with Gasteiger partial charge < -0.3 is 0 Å². The van der Waals surface area contributed by atoms with Crippen molar-refractivity contribution in [2.24, 2.45) is 0 Å². The number of hydrogen-bond donors (Lipinski definition) is 0. The Morgan fingerprint density at radius 3 is 2.43 bits per heavy atom. The number of carbonyl (C=O) groups is 1. The fourth-order valence-electron chi connectivity index (χ4n) is 2.18. The molecule has 0 aliphatic rings. The van der Waals surface area contributed by atoms with E-state index < -0.39 is 0 Å². The van der Waals surface area contributed by atoms with Crippen LogP contribution in [0, 0.1) is 6.92 Å². The Morgan fingerprint density at radius 2 is 1.76 bits per heavy atom. The van der Waals surface area contributed by atoms with Gasteiger partial charge in [0.05, 0.1) is 0 Å². The molecule has 2 heteroatoms. The van der Waals surface area contributed by atoms with Crippen molar-refractivity contribution in [2.45, 2.75) is 31.1 Å². The van der Waals surface area contributed by atoms with Gasteiger partial charge >= 0.3 is 0 Å². The Morgan fingerprint density at radius 1 is 1.10 bits per heavy atom. The van der Waals surface area contributed by atoms with Gasteiger partial charge in [-0.05, 0) is 43.0 Å². The third-order valence-electron chi connectivity index (χ3n) is 3.33. The third kappa shape index (κ3) is 4.91. The Labute approximate surface area is 131 Å². The van der Waals surface area contributed by atoms with Crippen molar-refractivity contribution in [1.29, 1.82) is 0 Å². The van der Waals surface area contributed by atoms with Crippen LogP contribution < -0.4 is 0 Å². The maximum Gasteiger partial charge on any atom is 0.194 e. The Balaban J connectivity index is 1.92. The Kier molecular flexibility index (Phi) is 5.82. The highest BCUT2D eigenvalue weighted by atomic mass is 32.2. The molecule has 0 aliphatic carbocycles. The second-order valence-electron chi connectivity index (χ2n) is 5.05. The lowest BCUT2D eigenvalue weighted by molar-refractivity contribution is -0.110. The van der Waals surface area contributed by atoms with E-state index in [4.69, 9.17) is 0 Å². The van der Waals surface area contributed by atoms with Gasteiger partial charge in [0, 0.05) is 11.3 Å². The summed E-state index contributed by atoms with van der Waals surface area (Å²) in [5.41, 5.74) is 3.72. The van der Waals surface area contributed by atoms with Crippen LogP contribution in [0.5, 0.6) is 0 Å². The Hall–Kier alpha value is -1.80. The number of rotatable bonds is 6. The SMILES string of the molecule is C=CCc1ccccc1CCC(=O)Sc1ccc(C)cc1. The van der Waals surface area contributed by atoms with Crippen molar-refractivity contribution in [3.8, 4) is 0 Å². The van der Waals surface area contributed by atoms with Gasteiger partial charge in [-0.2, -0.15) is 0 Å². The van der Waals surface area contributed by atoms with Crippen molar-refractivity contribution in [2.75, 3.05) is 0 Å². The van der Waals surface area contributed by atoms with E-state index in [0.29, 0.717) is 6.42 Å². The molecule has 0 amide bonds. The van der Waals surface area contributed by atoms with Gasteiger partial charge in [-0.25, -0.2) is 0 Å². The summed E-state index contributed by atoms with van der Waals surface area (Å²) >= 11 is 1.33. The van der Waals surface area contributed by atoms with Gasteiger partial charge in [-0.1, -0.05) is 59.8 Å². The molecule has 2 rings (SSSR count). The summed E-state index contributed by atoms with van der Waals surface area (Å²) in [6, 6.07) is 16.3. The Bertz CT molecular complexity index is 614. The van der Waals surface area contributed by atoms with Crippen LogP contribution in [-0.4, -0.2) is 5.12 Å². The zero-order valence-corrected chi connectivity index (χ0v) is 13.2. The van der Waals surface area contributed by atoms with Crippen LogP contribution >= 0.6 is 11.8 Å². The van der Waals surface area contributed by atoms with Gasteiger partial charge in [0.2, 0.25) is 0 Å². The summed E-state index contributed by atoms with van der Waals surface area (Å²) in [7, 11) is 0. The standard InChI is InChI=1S/C19H20OS/c1-3-6-16-7-4-5-8-17(16)11-14-19(20)21-18-12-9-15(2)10-13-18/h3-5,7-10,12-13H,1,6,11,14H2,2H3. The van der Waals surface area contributed by atoms with E-state index in [2.05, 4.69) is 18.7 Å². The van der Waals surface area contributed by atoms with E-state index >= 15 is 0 Å². The highest BCUT2D eigenvalue weighted by Crippen LogP contribution is 2.22. The zero-order valence-electron chi connectivity index (χ0n) is 12.3. The largest absolute Gasteiger partial charge is 0.287 e. The highest BCUT2D eigenvalue weighted by Gasteiger charge is 2.07. The fraction of sp³-hybridized carbons (Fsp3) is 0.211. The zero-order chi connectivity index (χ0) is 15.1. The smallest absolute Gasteiger partial charge is 0.194 e. The molecule has 0 heterocycles. The molecule has 0 unspecified atom stereocenters. The van der Waals surface area contributed by atoms with Crippen LogP contribution in [0.15, 0.2) is 66.1 Å². The summed E-state index contributed by atoms with van der Waals surface area (Å²) in [5.74, 6) is 0. The van der Waals surface area contributed by atoms with Crippen molar-refractivity contribution >= 4 is 16.9 Å². The van der Waals surface area contributed by atoms with Crippen molar-refractivity contribution in [1.82, 2.24) is 0 Å². The minimum Gasteiger partial charge on any atom is -0.287 e. The predicted octanol–water partition coefficient (Wildman–Crippen LogP) is 4.98. The van der Waals surface area contributed by atoms with Gasteiger partial charge in [0.15, 0.2) is 5.12 Å². The number of thioether (sulfide) groups is 1.